The summed E-state index contributed by atoms with van der Waals surface area (Å²) < 4.78 is 34.6. The molecule has 1 aliphatic heterocycles. The lowest BCUT2D eigenvalue weighted by Crippen LogP contribution is -2.39. The number of carbonyl (C=O) groups is 1. The minimum Gasteiger partial charge on any atom is -0.370 e. The number of ether oxygens (including phenoxy) is 1. The Morgan fingerprint density at radius 2 is 2.03 bits per heavy atom. The monoisotopic (exact) mass is 446 g/mol. The third kappa shape index (κ3) is 4.70. The minimum atomic E-state index is -0.483. The smallest absolute Gasteiger partial charge is 0.322 e. The van der Waals surface area contributed by atoms with Crippen LogP contribution in [-0.2, 0) is 38.0 Å². The molecule has 2 heterocycles. The quantitative estimate of drug-likeness (QED) is 0.620. The fourth-order valence-corrected chi connectivity index (χ4v) is 3.83. The third-order valence-corrected chi connectivity index (χ3v) is 5.59. The predicted octanol–water partition coefficient (Wildman–Crippen LogP) is 4.66. The number of para-hydroxylation sites is 1. The minimum absolute atomic E-state index is 0.143. The highest BCUT2D eigenvalue weighted by atomic mass is 35.5. The Labute approximate surface area is 183 Å². The summed E-state index contributed by atoms with van der Waals surface area (Å²) in [5.74, 6) is -0.884. The number of amides is 2. The van der Waals surface area contributed by atoms with Gasteiger partial charge in [-0.15, -0.1) is 0 Å². The van der Waals surface area contributed by atoms with Gasteiger partial charge in [0.1, 0.15) is 11.6 Å². The summed E-state index contributed by atoms with van der Waals surface area (Å²) >= 11 is 6.04. The van der Waals surface area contributed by atoms with Crippen LogP contribution in [0.4, 0.5) is 19.3 Å². The highest BCUT2D eigenvalue weighted by molar-refractivity contribution is 6.31. The standard InChI is InChI=1S/C22H21ClF2N4O2/c1-28-21-8-9-29(22(30)26-19-5-3-2-4-18(19)25)11-16(21)20(27-28)13-31-12-14-6-7-15(24)10-17(14)23/h2-7,10H,8-9,11-13H2,1H3,(H,26,30). The van der Waals surface area contributed by atoms with Gasteiger partial charge in [0.2, 0.25) is 0 Å². The molecule has 162 valence electrons. The summed E-state index contributed by atoms with van der Waals surface area (Å²) in [5, 5.41) is 7.46. The Balaban J connectivity index is 1.42. The highest BCUT2D eigenvalue weighted by Crippen LogP contribution is 2.25. The lowest BCUT2D eigenvalue weighted by molar-refractivity contribution is 0.103. The summed E-state index contributed by atoms with van der Waals surface area (Å²) in [6.45, 7) is 1.28. The van der Waals surface area contributed by atoms with E-state index in [1.54, 1.807) is 27.8 Å². The summed E-state index contributed by atoms with van der Waals surface area (Å²) in [6.07, 6.45) is 0.632. The zero-order valence-corrected chi connectivity index (χ0v) is 17.6. The summed E-state index contributed by atoms with van der Waals surface area (Å²) in [6, 6.07) is 9.84. The van der Waals surface area contributed by atoms with Crippen molar-refractivity contribution in [2.24, 2.45) is 7.05 Å². The molecular weight excluding hydrogens is 426 g/mol. The van der Waals surface area contributed by atoms with Crippen LogP contribution in [0.25, 0.3) is 0 Å². The van der Waals surface area contributed by atoms with Crippen LogP contribution in [0.2, 0.25) is 5.02 Å². The van der Waals surface area contributed by atoms with Crippen LogP contribution in [0.1, 0.15) is 22.5 Å². The number of rotatable bonds is 5. The van der Waals surface area contributed by atoms with E-state index in [1.165, 1.54) is 24.3 Å². The maximum atomic E-state index is 13.9. The fraction of sp³-hybridized carbons (Fsp3) is 0.273. The number of benzene rings is 2. The van der Waals surface area contributed by atoms with Crippen LogP contribution in [0.5, 0.6) is 0 Å². The van der Waals surface area contributed by atoms with Gasteiger partial charge in [-0.25, -0.2) is 13.6 Å². The van der Waals surface area contributed by atoms with E-state index in [1.807, 2.05) is 7.05 Å². The number of aromatic nitrogens is 2. The molecule has 1 N–H and O–H groups in total. The largest absolute Gasteiger partial charge is 0.370 e. The van der Waals surface area contributed by atoms with Crippen molar-refractivity contribution >= 4 is 23.3 Å². The number of fused-ring (bicyclic) bond motifs is 1. The van der Waals surface area contributed by atoms with E-state index in [4.69, 9.17) is 16.3 Å². The number of anilines is 1. The van der Waals surface area contributed by atoms with E-state index in [-0.39, 0.29) is 24.9 Å². The third-order valence-electron chi connectivity index (χ3n) is 5.24. The second-order valence-corrected chi connectivity index (χ2v) is 7.71. The number of halogens is 3. The Kier molecular flexibility index (Phi) is 6.20. The molecule has 0 saturated carbocycles. The summed E-state index contributed by atoms with van der Waals surface area (Å²) in [4.78, 5) is 14.3. The van der Waals surface area contributed by atoms with Crippen molar-refractivity contribution in [3.8, 4) is 0 Å². The number of hydrogen-bond donors (Lipinski definition) is 1. The van der Waals surface area contributed by atoms with Gasteiger partial charge < -0.3 is 15.0 Å². The van der Waals surface area contributed by atoms with Gasteiger partial charge in [-0.2, -0.15) is 5.10 Å². The van der Waals surface area contributed by atoms with E-state index in [0.29, 0.717) is 30.1 Å². The zero-order chi connectivity index (χ0) is 22.0. The first kappa shape index (κ1) is 21.3. The van der Waals surface area contributed by atoms with Crippen LogP contribution >= 0.6 is 11.6 Å². The fourth-order valence-electron chi connectivity index (χ4n) is 3.61. The first-order valence-electron chi connectivity index (χ1n) is 9.78. The molecule has 0 radical (unpaired) electrons. The Morgan fingerprint density at radius 3 is 2.81 bits per heavy atom. The molecule has 0 spiro atoms. The summed E-state index contributed by atoms with van der Waals surface area (Å²) in [7, 11) is 1.86. The van der Waals surface area contributed by atoms with Crippen molar-refractivity contribution in [3.05, 3.63) is 81.6 Å². The van der Waals surface area contributed by atoms with Gasteiger partial charge in [-0.1, -0.05) is 29.8 Å². The van der Waals surface area contributed by atoms with Crippen LogP contribution in [0.3, 0.4) is 0 Å². The topological polar surface area (TPSA) is 59.4 Å². The van der Waals surface area contributed by atoms with Gasteiger partial charge in [0.15, 0.2) is 0 Å². The van der Waals surface area contributed by atoms with Crippen molar-refractivity contribution in [2.45, 2.75) is 26.2 Å². The summed E-state index contributed by atoms with van der Waals surface area (Å²) in [5.41, 5.74) is 3.50. The molecule has 1 aromatic heterocycles. The van der Waals surface area contributed by atoms with Gasteiger partial charge in [0.25, 0.3) is 0 Å². The van der Waals surface area contributed by atoms with Gasteiger partial charge in [0, 0.05) is 36.3 Å². The number of nitrogens with one attached hydrogen (secondary N) is 1. The van der Waals surface area contributed by atoms with Crippen molar-refractivity contribution in [1.29, 1.82) is 0 Å². The van der Waals surface area contributed by atoms with Crippen LogP contribution in [0.15, 0.2) is 42.5 Å². The Bertz CT molecular complexity index is 1120. The second kappa shape index (κ2) is 9.03. The van der Waals surface area contributed by atoms with Crippen molar-refractivity contribution in [3.63, 3.8) is 0 Å². The van der Waals surface area contributed by atoms with E-state index in [2.05, 4.69) is 10.4 Å². The maximum Gasteiger partial charge on any atom is 0.322 e. The number of hydrogen-bond acceptors (Lipinski definition) is 3. The van der Waals surface area contributed by atoms with Crippen LogP contribution in [-0.4, -0.2) is 27.3 Å². The van der Waals surface area contributed by atoms with E-state index in [9.17, 15) is 13.6 Å². The van der Waals surface area contributed by atoms with Gasteiger partial charge in [0.05, 0.1) is 31.1 Å². The lowest BCUT2D eigenvalue weighted by atomic mass is 10.1. The highest BCUT2D eigenvalue weighted by Gasteiger charge is 2.27. The normalized spacial score (nSPS) is 13.2. The molecule has 9 heteroatoms. The predicted molar refractivity (Wildman–Crippen MR) is 113 cm³/mol. The SMILES string of the molecule is Cn1nc(COCc2ccc(F)cc2Cl)c2c1CCN(C(=O)Nc1ccccc1F)C2. The van der Waals surface area contributed by atoms with Crippen molar-refractivity contribution in [2.75, 3.05) is 11.9 Å². The lowest BCUT2D eigenvalue weighted by Gasteiger charge is -2.28. The average Bonchev–Trinajstić information content (AvgIpc) is 3.06. The van der Waals surface area contributed by atoms with Gasteiger partial charge in [-0.05, 0) is 29.8 Å². The average molecular weight is 447 g/mol. The van der Waals surface area contributed by atoms with Gasteiger partial charge >= 0.3 is 6.03 Å². The van der Waals surface area contributed by atoms with Crippen molar-refractivity contribution < 1.29 is 18.3 Å². The van der Waals surface area contributed by atoms with Gasteiger partial charge in [-0.3, -0.25) is 4.68 Å². The van der Waals surface area contributed by atoms with E-state index >= 15 is 0 Å². The number of carbonyl (C=O) groups excluding carboxylic acids is 1. The molecule has 0 aliphatic carbocycles. The molecule has 2 aromatic carbocycles. The molecule has 0 bridgehead atoms. The van der Waals surface area contributed by atoms with Crippen LogP contribution < -0.4 is 5.32 Å². The number of nitrogens with zero attached hydrogens (tertiary/aromatic N) is 3. The molecule has 1 aliphatic rings. The molecule has 0 atom stereocenters. The zero-order valence-electron chi connectivity index (χ0n) is 16.9. The molecule has 4 rings (SSSR count). The van der Waals surface area contributed by atoms with E-state index < -0.39 is 11.6 Å². The van der Waals surface area contributed by atoms with E-state index in [0.717, 1.165) is 17.0 Å². The molecule has 3 aromatic rings. The Morgan fingerprint density at radius 1 is 1.23 bits per heavy atom. The Hall–Kier alpha value is -2.97. The first-order chi connectivity index (χ1) is 14.9. The molecule has 6 nitrogen and oxygen atoms in total. The molecule has 0 unspecified atom stereocenters. The number of urea groups is 1. The second-order valence-electron chi connectivity index (χ2n) is 7.31. The first-order valence-corrected chi connectivity index (χ1v) is 10.2. The van der Waals surface area contributed by atoms with Crippen LogP contribution in [0, 0.1) is 11.6 Å². The maximum absolute atomic E-state index is 13.9. The molecule has 0 fully saturated rings. The molecule has 2 amide bonds. The molecule has 0 saturated heterocycles. The molecular formula is C22H21ClF2N4O2. The molecule has 31 heavy (non-hydrogen) atoms. The van der Waals surface area contributed by atoms with Crippen molar-refractivity contribution in [1.82, 2.24) is 14.7 Å². The number of aryl methyl sites for hydroxylation is 1.